The van der Waals surface area contributed by atoms with Gasteiger partial charge >= 0.3 is 18.0 Å². The molecule has 2 aromatic rings. The van der Waals surface area contributed by atoms with Crippen LogP contribution in [0, 0.1) is 0 Å². The van der Waals surface area contributed by atoms with E-state index in [0.717, 1.165) is 5.56 Å². The topological polar surface area (TPSA) is 107 Å². The van der Waals surface area contributed by atoms with E-state index in [4.69, 9.17) is 0 Å². The summed E-state index contributed by atoms with van der Waals surface area (Å²) in [6, 6.07) is 7.17. The highest BCUT2D eigenvalue weighted by Gasteiger charge is 2.17. The summed E-state index contributed by atoms with van der Waals surface area (Å²) in [6.07, 6.45) is 3.25. The normalized spacial score (nSPS) is 9.84. The summed E-state index contributed by atoms with van der Waals surface area (Å²) in [7, 11) is 2.47. The molecule has 8 nitrogen and oxygen atoms in total. The maximum Gasteiger partial charge on any atom is 0.339 e. The summed E-state index contributed by atoms with van der Waals surface area (Å²) in [5, 5.41) is 5.17. The largest absolute Gasteiger partial charge is 0.465 e. The first kappa shape index (κ1) is 17.9. The number of nitrogens with one attached hydrogen (secondary N) is 2. The Morgan fingerprint density at radius 1 is 1.08 bits per heavy atom. The van der Waals surface area contributed by atoms with Gasteiger partial charge in [-0.05, 0) is 29.8 Å². The lowest BCUT2D eigenvalue weighted by molar-refractivity contribution is 0.0587. The number of carbonyl (C=O) groups excluding carboxylic acids is 3. The van der Waals surface area contributed by atoms with E-state index in [1.807, 2.05) is 6.07 Å². The molecule has 0 unspecified atom stereocenters. The third kappa shape index (κ3) is 4.77. The zero-order valence-electron chi connectivity index (χ0n) is 13.7. The third-order valence-electron chi connectivity index (χ3n) is 3.27. The van der Waals surface area contributed by atoms with Gasteiger partial charge in [0, 0.05) is 18.9 Å². The van der Waals surface area contributed by atoms with Gasteiger partial charge in [0.05, 0.1) is 31.0 Å². The second-order valence-corrected chi connectivity index (χ2v) is 4.91. The summed E-state index contributed by atoms with van der Waals surface area (Å²) in [5.41, 5.74) is 1.26. The number of anilines is 1. The van der Waals surface area contributed by atoms with E-state index >= 15 is 0 Å². The number of carbonyl (C=O) groups is 3. The van der Waals surface area contributed by atoms with Gasteiger partial charge < -0.3 is 20.1 Å². The number of ether oxygens (including phenoxy) is 2. The van der Waals surface area contributed by atoms with Gasteiger partial charge in [0.1, 0.15) is 0 Å². The van der Waals surface area contributed by atoms with Crippen LogP contribution in [0.1, 0.15) is 26.3 Å². The Kier molecular flexibility index (Phi) is 6.05. The van der Waals surface area contributed by atoms with Crippen molar-refractivity contribution in [1.82, 2.24) is 10.3 Å². The number of methoxy groups -OCH3 is 2. The van der Waals surface area contributed by atoms with E-state index in [1.54, 1.807) is 18.5 Å². The minimum absolute atomic E-state index is 0.117. The average molecular weight is 343 g/mol. The van der Waals surface area contributed by atoms with Gasteiger partial charge in [0.2, 0.25) is 0 Å². The number of rotatable bonds is 5. The molecular weight excluding hydrogens is 326 g/mol. The predicted octanol–water partition coefficient (Wildman–Crippen LogP) is 1.98. The zero-order chi connectivity index (χ0) is 18.2. The molecule has 0 aliphatic carbocycles. The van der Waals surface area contributed by atoms with Crippen molar-refractivity contribution in [3.8, 4) is 0 Å². The Morgan fingerprint density at radius 2 is 1.84 bits per heavy atom. The molecule has 0 atom stereocenters. The van der Waals surface area contributed by atoms with Crippen LogP contribution in [0.4, 0.5) is 10.5 Å². The third-order valence-corrected chi connectivity index (χ3v) is 3.27. The van der Waals surface area contributed by atoms with Gasteiger partial charge in [-0.1, -0.05) is 6.07 Å². The molecule has 0 saturated carbocycles. The van der Waals surface area contributed by atoms with E-state index in [2.05, 4.69) is 25.1 Å². The van der Waals surface area contributed by atoms with Crippen molar-refractivity contribution in [2.75, 3.05) is 19.5 Å². The summed E-state index contributed by atoms with van der Waals surface area (Å²) in [5.74, 6) is -1.23. The summed E-state index contributed by atoms with van der Waals surface area (Å²) >= 11 is 0. The predicted molar refractivity (Wildman–Crippen MR) is 89.2 cm³/mol. The molecule has 2 amide bonds. The number of nitrogens with zero attached hydrogens (tertiary/aromatic N) is 1. The van der Waals surface area contributed by atoms with Crippen LogP contribution in [0.3, 0.4) is 0 Å². The monoisotopic (exact) mass is 343 g/mol. The van der Waals surface area contributed by atoms with Crippen LogP contribution in [0.5, 0.6) is 0 Å². The number of benzene rings is 1. The molecule has 8 heteroatoms. The van der Waals surface area contributed by atoms with Gasteiger partial charge in [-0.3, -0.25) is 4.98 Å². The molecule has 1 heterocycles. The number of aromatic nitrogens is 1. The maximum atomic E-state index is 12.1. The Bertz CT molecular complexity index is 777. The zero-order valence-corrected chi connectivity index (χ0v) is 13.7. The van der Waals surface area contributed by atoms with E-state index in [-0.39, 0.29) is 23.4 Å². The van der Waals surface area contributed by atoms with Crippen LogP contribution in [-0.2, 0) is 16.0 Å². The van der Waals surface area contributed by atoms with Crippen molar-refractivity contribution >= 4 is 23.7 Å². The van der Waals surface area contributed by atoms with Crippen molar-refractivity contribution in [2.45, 2.75) is 6.54 Å². The fraction of sp³-hybridized carbons (Fsp3) is 0.176. The van der Waals surface area contributed by atoms with Gasteiger partial charge in [-0.2, -0.15) is 0 Å². The molecule has 0 bridgehead atoms. The van der Waals surface area contributed by atoms with E-state index < -0.39 is 18.0 Å². The number of pyridine rings is 1. The minimum atomic E-state index is -0.640. The van der Waals surface area contributed by atoms with Crippen LogP contribution in [0.15, 0.2) is 42.7 Å². The van der Waals surface area contributed by atoms with E-state index in [9.17, 15) is 14.4 Å². The molecule has 0 aliphatic heterocycles. The molecule has 0 aliphatic rings. The first-order valence-electron chi connectivity index (χ1n) is 7.29. The molecule has 0 radical (unpaired) electrons. The van der Waals surface area contributed by atoms with E-state index in [1.165, 1.54) is 32.4 Å². The SMILES string of the molecule is COC(=O)c1ccc(C(=O)OC)c(NC(=O)NCc2cccnc2)c1. The lowest BCUT2D eigenvalue weighted by Crippen LogP contribution is -2.29. The van der Waals surface area contributed by atoms with E-state index in [0.29, 0.717) is 0 Å². The molecule has 2 N–H and O–H groups in total. The fourth-order valence-corrected chi connectivity index (χ4v) is 2.03. The molecule has 0 fully saturated rings. The first-order valence-corrected chi connectivity index (χ1v) is 7.29. The number of urea groups is 1. The van der Waals surface area contributed by atoms with Crippen LogP contribution in [0.25, 0.3) is 0 Å². The molecule has 0 saturated heterocycles. The molecule has 25 heavy (non-hydrogen) atoms. The lowest BCUT2D eigenvalue weighted by Gasteiger charge is -2.12. The number of hydrogen-bond donors (Lipinski definition) is 2. The van der Waals surface area contributed by atoms with Gasteiger partial charge in [0.25, 0.3) is 0 Å². The minimum Gasteiger partial charge on any atom is -0.465 e. The Balaban J connectivity index is 2.15. The Hall–Kier alpha value is -3.42. The number of amides is 2. The lowest BCUT2D eigenvalue weighted by atomic mass is 10.1. The van der Waals surface area contributed by atoms with Crippen molar-refractivity contribution in [3.63, 3.8) is 0 Å². The van der Waals surface area contributed by atoms with Crippen LogP contribution < -0.4 is 10.6 Å². The highest BCUT2D eigenvalue weighted by molar-refractivity contribution is 6.03. The fourth-order valence-electron chi connectivity index (χ4n) is 2.03. The summed E-state index contributed by atoms with van der Waals surface area (Å²) in [4.78, 5) is 39.5. The first-order chi connectivity index (χ1) is 12.0. The molecule has 2 rings (SSSR count). The second kappa shape index (κ2) is 8.44. The van der Waals surface area contributed by atoms with Gasteiger partial charge in [0.15, 0.2) is 0 Å². The Morgan fingerprint density at radius 3 is 2.48 bits per heavy atom. The average Bonchev–Trinajstić information content (AvgIpc) is 2.65. The van der Waals surface area contributed by atoms with Crippen molar-refractivity contribution in [1.29, 1.82) is 0 Å². The molecular formula is C17H17N3O5. The second-order valence-electron chi connectivity index (χ2n) is 4.91. The quantitative estimate of drug-likeness (QED) is 0.804. The molecule has 1 aromatic carbocycles. The Labute approximate surface area is 144 Å². The molecule has 0 spiro atoms. The molecule has 130 valence electrons. The number of hydrogen-bond acceptors (Lipinski definition) is 6. The highest BCUT2D eigenvalue weighted by atomic mass is 16.5. The number of esters is 2. The van der Waals surface area contributed by atoms with Gasteiger partial charge in [-0.25, -0.2) is 14.4 Å². The van der Waals surface area contributed by atoms with Gasteiger partial charge in [-0.15, -0.1) is 0 Å². The van der Waals surface area contributed by atoms with Crippen LogP contribution >= 0.6 is 0 Å². The smallest absolute Gasteiger partial charge is 0.339 e. The van der Waals surface area contributed by atoms with Crippen molar-refractivity contribution < 1.29 is 23.9 Å². The maximum absolute atomic E-state index is 12.1. The summed E-state index contributed by atoms with van der Waals surface area (Å²) in [6.45, 7) is 0.254. The highest BCUT2D eigenvalue weighted by Crippen LogP contribution is 2.19. The molecule has 1 aromatic heterocycles. The van der Waals surface area contributed by atoms with Crippen LogP contribution in [-0.4, -0.2) is 37.2 Å². The van der Waals surface area contributed by atoms with Crippen molar-refractivity contribution in [2.24, 2.45) is 0 Å². The summed E-state index contributed by atoms with van der Waals surface area (Å²) < 4.78 is 9.32. The standard InChI is InChI=1S/C17H17N3O5/c1-24-15(21)12-5-6-13(16(22)25-2)14(8-12)20-17(23)19-10-11-4-3-7-18-9-11/h3-9H,10H2,1-2H3,(H2,19,20,23). The van der Waals surface area contributed by atoms with Crippen LogP contribution in [0.2, 0.25) is 0 Å². The van der Waals surface area contributed by atoms with Crippen molar-refractivity contribution in [3.05, 3.63) is 59.4 Å².